The molecular formula is C25H27N3O4. The largest absolute Gasteiger partial charge is 0.383 e. The summed E-state index contributed by atoms with van der Waals surface area (Å²) < 4.78 is 5.09. The third-order valence-electron chi connectivity index (χ3n) is 4.96. The molecule has 0 aliphatic heterocycles. The van der Waals surface area contributed by atoms with Gasteiger partial charge in [-0.25, -0.2) is 0 Å². The molecular weight excluding hydrogens is 406 g/mol. The summed E-state index contributed by atoms with van der Waals surface area (Å²) in [4.78, 5) is 39.0. The van der Waals surface area contributed by atoms with Gasteiger partial charge in [-0.15, -0.1) is 0 Å². The van der Waals surface area contributed by atoms with Gasteiger partial charge in [0.1, 0.15) is 0 Å². The fourth-order valence-corrected chi connectivity index (χ4v) is 3.21. The maximum absolute atomic E-state index is 13.0. The van der Waals surface area contributed by atoms with E-state index in [0.717, 1.165) is 16.3 Å². The van der Waals surface area contributed by atoms with E-state index in [4.69, 9.17) is 4.74 Å². The molecule has 0 bridgehead atoms. The molecule has 7 heteroatoms. The summed E-state index contributed by atoms with van der Waals surface area (Å²) in [5.41, 5.74) is 2.23. The molecule has 3 aromatic rings. The molecule has 166 valence electrons. The minimum atomic E-state index is -0.422. The van der Waals surface area contributed by atoms with Crippen molar-refractivity contribution in [3.8, 4) is 0 Å². The van der Waals surface area contributed by atoms with Crippen molar-refractivity contribution in [2.75, 3.05) is 38.7 Å². The van der Waals surface area contributed by atoms with Crippen LogP contribution >= 0.6 is 0 Å². The van der Waals surface area contributed by atoms with E-state index in [-0.39, 0.29) is 31.4 Å². The number of hydrogen-bond donors (Lipinski definition) is 2. The van der Waals surface area contributed by atoms with Crippen LogP contribution in [-0.2, 0) is 14.3 Å². The lowest BCUT2D eigenvalue weighted by molar-refractivity contribution is -0.124. The molecule has 0 fully saturated rings. The number of rotatable bonds is 9. The SMILES string of the molecule is COCCN(CC(=O)NCC(=O)Nc1ccc(C)cc1)C(=O)c1ccc2ccccc2c1. The van der Waals surface area contributed by atoms with Crippen LogP contribution < -0.4 is 10.6 Å². The predicted octanol–water partition coefficient (Wildman–Crippen LogP) is 2.99. The molecule has 0 atom stereocenters. The highest BCUT2D eigenvalue weighted by molar-refractivity contribution is 6.00. The monoisotopic (exact) mass is 433 g/mol. The van der Waals surface area contributed by atoms with E-state index in [1.807, 2.05) is 55.5 Å². The molecule has 0 saturated carbocycles. The second kappa shape index (κ2) is 11.1. The summed E-state index contributed by atoms with van der Waals surface area (Å²) in [5, 5.41) is 7.27. The number of anilines is 1. The van der Waals surface area contributed by atoms with E-state index in [1.54, 1.807) is 18.2 Å². The number of fused-ring (bicyclic) bond motifs is 1. The van der Waals surface area contributed by atoms with Gasteiger partial charge in [0.15, 0.2) is 0 Å². The average molecular weight is 434 g/mol. The van der Waals surface area contributed by atoms with Gasteiger partial charge in [0.2, 0.25) is 11.8 Å². The van der Waals surface area contributed by atoms with Gasteiger partial charge in [0.05, 0.1) is 19.7 Å². The maximum atomic E-state index is 13.0. The highest BCUT2D eigenvalue weighted by Crippen LogP contribution is 2.17. The molecule has 3 aromatic carbocycles. The number of aryl methyl sites for hydroxylation is 1. The lowest BCUT2D eigenvalue weighted by atomic mass is 10.1. The Morgan fingerprint density at radius 2 is 1.62 bits per heavy atom. The van der Waals surface area contributed by atoms with Crippen LogP contribution in [0.1, 0.15) is 15.9 Å². The molecule has 2 N–H and O–H groups in total. The third kappa shape index (κ3) is 6.39. The molecule has 0 heterocycles. The van der Waals surface area contributed by atoms with Gasteiger partial charge in [0.25, 0.3) is 5.91 Å². The van der Waals surface area contributed by atoms with Crippen molar-refractivity contribution in [1.82, 2.24) is 10.2 Å². The number of nitrogens with one attached hydrogen (secondary N) is 2. The molecule has 0 spiro atoms. The van der Waals surface area contributed by atoms with Crippen LogP contribution in [0.2, 0.25) is 0 Å². The second-order valence-corrected chi connectivity index (χ2v) is 7.47. The second-order valence-electron chi connectivity index (χ2n) is 7.47. The summed E-state index contributed by atoms with van der Waals surface area (Å²) in [6.07, 6.45) is 0. The van der Waals surface area contributed by atoms with E-state index < -0.39 is 5.91 Å². The van der Waals surface area contributed by atoms with Crippen molar-refractivity contribution >= 4 is 34.2 Å². The standard InChI is InChI=1S/C25H27N3O4/c1-18-7-11-22(12-8-18)27-23(29)16-26-24(30)17-28(13-14-32-2)25(31)21-10-9-19-5-3-4-6-20(19)15-21/h3-12,15H,13-14,16-17H2,1-2H3,(H,26,30)(H,27,29). The van der Waals surface area contributed by atoms with Crippen LogP contribution in [0.25, 0.3) is 10.8 Å². The van der Waals surface area contributed by atoms with Crippen molar-refractivity contribution in [2.45, 2.75) is 6.92 Å². The lowest BCUT2D eigenvalue weighted by Gasteiger charge is -2.22. The van der Waals surface area contributed by atoms with Gasteiger partial charge in [-0.3, -0.25) is 14.4 Å². The minimum absolute atomic E-state index is 0.174. The smallest absolute Gasteiger partial charge is 0.254 e. The number of carbonyl (C=O) groups excluding carboxylic acids is 3. The number of methoxy groups -OCH3 is 1. The molecule has 3 rings (SSSR count). The molecule has 32 heavy (non-hydrogen) atoms. The van der Waals surface area contributed by atoms with E-state index >= 15 is 0 Å². The van der Waals surface area contributed by atoms with Gasteiger partial charge in [-0.2, -0.15) is 0 Å². The first-order valence-electron chi connectivity index (χ1n) is 10.4. The number of benzene rings is 3. The predicted molar refractivity (Wildman–Crippen MR) is 125 cm³/mol. The number of nitrogens with zero attached hydrogens (tertiary/aromatic N) is 1. The average Bonchev–Trinajstić information content (AvgIpc) is 2.81. The molecule has 0 aliphatic rings. The quantitative estimate of drug-likeness (QED) is 0.543. The highest BCUT2D eigenvalue weighted by atomic mass is 16.5. The number of carbonyl (C=O) groups is 3. The topological polar surface area (TPSA) is 87.7 Å². The number of hydrogen-bond acceptors (Lipinski definition) is 4. The molecule has 0 unspecified atom stereocenters. The van der Waals surface area contributed by atoms with Crippen LogP contribution in [0.5, 0.6) is 0 Å². The van der Waals surface area contributed by atoms with Gasteiger partial charge in [-0.1, -0.05) is 48.0 Å². The Morgan fingerprint density at radius 1 is 0.906 bits per heavy atom. The van der Waals surface area contributed by atoms with Gasteiger partial charge in [-0.05, 0) is 42.0 Å². The molecule has 7 nitrogen and oxygen atoms in total. The third-order valence-corrected chi connectivity index (χ3v) is 4.96. The fourth-order valence-electron chi connectivity index (χ4n) is 3.21. The van der Waals surface area contributed by atoms with Gasteiger partial charge < -0.3 is 20.3 Å². The van der Waals surface area contributed by atoms with Crippen molar-refractivity contribution in [1.29, 1.82) is 0 Å². The first-order chi connectivity index (χ1) is 15.5. The van der Waals surface area contributed by atoms with E-state index in [9.17, 15) is 14.4 Å². The summed E-state index contributed by atoms with van der Waals surface area (Å²) in [7, 11) is 1.54. The normalized spacial score (nSPS) is 10.6. The Kier molecular flexibility index (Phi) is 7.94. The Balaban J connectivity index is 1.59. The molecule has 3 amide bonds. The van der Waals surface area contributed by atoms with Crippen LogP contribution in [0.15, 0.2) is 66.7 Å². The van der Waals surface area contributed by atoms with E-state index in [2.05, 4.69) is 10.6 Å². The zero-order valence-corrected chi connectivity index (χ0v) is 18.3. The highest BCUT2D eigenvalue weighted by Gasteiger charge is 2.19. The summed E-state index contributed by atoms with van der Waals surface area (Å²) >= 11 is 0. The van der Waals surface area contributed by atoms with E-state index in [0.29, 0.717) is 17.9 Å². The number of ether oxygens (including phenoxy) is 1. The van der Waals surface area contributed by atoms with Crippen LogP contribution in [0.3, 0.4) is 0 Å². The van der Waals surface area contributed by atoms with Gasteiger partial charge >= 0.3 is 0 Å². The zero-order valence-electron chi connectivity index (χ0n) is 18.3. The Morgan fingerprint density at radius 3 is 2.34 bits per heavy atom. The Hall–Kier alpha value is -3.71. The summed E-state index contributed by atoms with van der Waals surface area (Å²) in [5.74, 6) is -1.03. The fraction of sp³-hybridized carbons (Fsp3) is 0.240. The van der Waals surface area contributed by atoms with Crippen molar-refractivity contribution in [3.05, 3.63) is 77.9 Å². The van der Waals surface area contributed by atoms with Crippen LogP contribution in [-0.4, -0.2) is 56.0 Å². The van der Waals surface area contributed by atoms with Crippen molar-refractivity contribution in [3.63, 3.8) is 0 Å². The van der Waals surface area contributed by atoms with E-state index in [1.165, 1.54) is 12.0 Å². The van der Waals surface area contributed by atoms with Crippen LogP contribution in [0, 0.1) is 6.92 Å². The Bertz CT molecular complexity index is 1100. The first kappa shape index (κ1) is 23.0. The Labute approximate surface area is 187 Å². The first-order valence-corrected chi connectivity index (χ1v) is 10.4. The molecule has 0 saturated heterocycles. The maximum Gasteiger partial charge on any atom is 0.254 e. The molecule has 0 aromatic heterocycles. The minimum Gasteiger partial charge on any atom is -0.383 e. The summed E-state index contributed by atoms with van der Waals surface area (Å²) in [6.45, 7) is 2.15. The van der Waals surface area contributed by atoms with Gasteiger partial charge in [0, 0.05) is 24.9 Å². The zero-order chi connectivity index (χ0) is 22.9. The lowest BCUT2D eigenvalue weighted by Crippen LogP contribution is -2.44. The van der Waals surface area contributed by atoms with Crippen LogP contribution in [0.4, 0.5) is 5.69 Å². The molecule has 0 radical (unpaired) electrons. The molecule has 0 aliphatic carbocycles. The summed E-state index contributed by atoms with van der Waals surface area (Å²) in [6, 6.07) is 20.6. The van der Waals surface area contributed by atoms with Crippen molar-refractivity contribution in [2.24, 2.45) is 0 Å². The van der Waals surface area contributed by atoms with Crippen molar-refractivity contribution < 1.29 is 19.1 Å². The number of amides is 3.